The van der Waals surface area contributed by atoms with E-state index in [1.165, 1.54) is 0 Å². The third-order valence-corrected chi connectivity index (χ3v) is 3.74. The first-order chi connectivity index (χ1) is 10.2. The lowest BCUT2D eigenvalue weighted by atomic mass is 10.0. The summed E-state index contributed by atoms with van der Waals surface area (Å²) in [5.74, 6) is 0.866. The van der Waals surface area contributed by atoms with Gasteiger partial charge < -0.3 is 10.1 Å². The highest BCUT2D eigenvalue weighted by Gasteiger charge is 2.18. The van der Waals surface area contributed by atoms with Crippen molar-refractivity contribution in [3.05, 3.63) is 57.8 Å². The second kappa shape index (κ2) is 7.64. The van der Waals surface area contributed by atoms with Gasteiger partial charge in [0.1, 0.15) is 5.75 Å². The highest BCUT2D eigenvalue weighted by Crippen LogP contribution is 2.29. The largest absolute Gasteiger partial charge is 0.496 e. The smallest absolute Gasteiger partial charge is 0.122 e. The van der Waals surface area contributed by atoms with Crippen molar-refractivity contribution in [3.8, 4) is 5.75 Å². The van der Waals surface area contributed by atoms with Crippen LogP contribution < -0.4 is 10.1 Å². The molecule has 2 rings (SSSR count). The number of ether oxygens (including phenoxy) is 1. The average Bonchev–Trinajstić information content (AvgIpc) is 2.47. The van der Waals surface area contributed by atoms with Gasteiger partial charge in [0.2, 0.25) is 0 Å². The van der Waals surface area contributed by atoms with Crippen LogP contribution >= 0.6 is 23.2 Å². The number of aromatic nitrogens is 1. The molecule has 1 N–H and O–H groups in total. The Balaban J connectivity index is 2.30. The van der Waals surface area contributed by atoms with E-state index in [2.05, 4.69) is 17.2 Å². The summed E-state index contributed by atoms with van der Waals surface area (Å²) in [4.78, 5) is 4.38. The number of nitrogens with zero attached hydrogens (tertiary/aromatic N) is 1. The van der Waals surface area contributed by atoms with Crippen LogP contribution in [-0.2, 0) is 6.42 Å². The van der Waals surface area contributed by atoms with Gasteiger partial charge in [-0.1, -0.05) is 48.3 Å². The van der Waals surface area contributed by atoms with Crippen molar-refractivity contribution < 1.29 is 4.74 Å². The van der Waals surface area contributed by atoms with Gasteiger partial charge in [0.25, 0.3) is 0 Å². The van der Waals surface area contributed by atoms with Gasteiger partial charge >= 0.3 is 0 Å². The number of halogens is 2. The van der Waals surface area contributed by atoms with Crippen LogP contribution in [0.2, 0.25) is 10.0 Å². The molecule has 0 aliphatic rings. The van der Waals surface area contributed by atoms with E-state index in [0.717, 1.165) is 30.0 Å². The summed E-state index contributed by atoms with van der Waals surface area (Å²) in [5, 5.41) is 4.52. The maximum Gasteiger partial charge on any atom is 0.122 e. The molecule has 2 aromatic rings. The van der Waals surface area contributed by atoms with Crippen molar-refractivity contribution in [1.29, 1.82) is 0 Å². The van der Waals surface area contributed by atoms with Crippen molar-refractivity contribution >= 4 is 23.2 Å². The number of pyridine rings is 1. The predicted molar refractivity (Wildman–Crippen MR) is 87.4 cm³/mol. The predicted octanol–water partition coefficient (Wildman–Crippen LogP) is 4.29. The SMILES string of the molecule is CCNC(Cc1ccccc1OC)c1ncc(Cl)cc1Cl. The summed E-state index contributed by atoms with van der Waals surface area (Å²) in [6, 6.07) is 9.69. The normalized spacial score (nSPS) is 12.2. The molecule has 1 aromatic carbocycles. The van der Waals surface area contributed by atoms with Crippen LogP contribution in [0, 0.1) is 0 Å². The van der Waals surface area contributed by atoms with E-state index in [1.54, 1.807) is 19.4 Å². The molecule has 1 unspecified atom stereocenters. The van der Waals surface area contributed by atoms with E-state index < -0.39 is 0 Å². The maximum absolute atomic E-state index is 6.28. The first kappa shape index (κ1) is 16.1. The molecule has 0 spiro atoms. The first-order valence-corrected chi connectivity index (χ1v) is 7.57. The molecule has 21 heavy (non-hydrogen) atoms. The monoisotopic (exact) mass is 324 g/mol. The van der Waals surface area contributed by atoms with Gasteiger partial charge in [-0.2, -0.15) is 0 Å². The highest BCUT2D eigenvalue weighted by atomic mass is 35.5. The Morgan fingerprint density at radius 1 is 1.29 bits per heavy atom. The number of para-hydroxylation sites is 1. The van der Waals surface area contributed by atoms with Gasteiger partial charge in [-0.25, -0.2) is 0 Å². The molecule has 112 valence electrons. The molecule has 0 aliphatic heterocycles. The minimum absolute atomic E-state index is 0.0102. The van der Waals surface area contributed by atoms with E-state index in [-0.39, 0.29) is 6.04 Å². The van der Waals surface area contributed by atoms with Crippen molar-refractivity contribution in [2.45, 2.75) is 19.4 Å². The average molecular weight is 325 g/mol. The molecule has 0 fully saturated rings. The Kier molecular flexibility index (Phi) is 5.85. The number of nitrogens with one attached hydrogen (secondary N) is 1. The fourth-order valence-corrected chi connectivity index (χ4v) is 2.80. The van der Waals surface area contributed by atoms with Crippen LogP contribution in [0.3, 0.4) is 0 Å². The number of likely N-dealkylation sites (N-methyl/N-ethyl adjacent to an activating group) is 1. The lowest BCUT2D eigenvalue weighted by Crippen LogP contribution is -2.24. The Labute approximate surface area is 135 Å². The zero-order valence-corrected chi connectivity index (χ0v) is 13.6. The van der Waals surface area contributed by atoms with Gasteiger partial charge in [-0.3, -0.25) is 4.98 Å². The van der Waals surface area contributed by atoms with Crippen molar-refractivity contribution in [2.75, 3.05) is 13.7 Å². The lowest BCUT2D eigenvalue weighted by molar-refractivity contribution is 0.405. The van der Waals surface area contributed by atoms with E-state index in [1.807, 2.05) is 24.3 Å². The van der Waals surface area contributed by atoms with Crippen molar-refractivity contribution in [3.63, 3.8) is 0 Å². The quantitative estimate of drug-likeness (QED) is 0.860. The number of hydrogen-bond donors (Lipinski definition) is 1. The standard InChI is InChI=1S/C16H18Cl2N2O/c1-3-19-14(16-13(18)9-12(17)10-20-16)8-11-6-4-5-7-15(11)21-2/h4-7,9-10,14,19H,3,8H2,1-2H3. The third kappa shape index (κ3) is 4.10. The Bertz CT molecular complexity index is 605. The maximum atomic E-state index is 6.28. The van der Waals surface area contributed by atoms with Crippen LogP contribution in [0.15, 0.2) is 36.5 Å². The van der Waals surface area contributed by atoms with Crippen molar-refractivity contribution in [2.24, 2.45) is 0 Å². The molecule has 0 amide bonds. The summed E-state index contributed by atoms with van der Waals surface area (Å²) in [5.41, 5.74) is 1.91. The van der Waals surface area contributed by atoms with E-state index in [9.17, 15) is 0 Å². The molecule has 0 saturated heterocycles. The minimum atomic E-state index is 0.0102. The Morgan fingerprint density at radius 2 is 2.05 bits per heavy atom. The zero-order valence-electron chi connectivity index (χ0n) is 12.1. The summed E-state index contributed by atoms with van der Waals surface area (Å²) in [7, 11) is 1.68. The topological polar surface area (TPSA) is 34.1 Å². The number of methoxy groups -OCH3 is 1. The van der Waals surface area contributed by atoms with Crippen LogP contribution in [0.4, 0.5) is 0 Å². The molecule has 1 atom stereocenters. The van der Waals surface area contributed by atoms with Gasteiger partial charge in [0, 0.05) is 6.20 Å². The minimum Gasteiger partial charge on any atom is -0.496 e. The van der Waals surface area contributed by atoms with Gasteiger partial charge in [-0.15, -0.1) is 0 Å². The number of benzene rings is 1. The third-order valence-electron chi connectivity index (χ3n) is 3.23. The molecule has 3 nitrogen and oxygen atoms in total. The highest BCUT2D eigenvalue weighted by molar-refractivity contribution is 6.34. The van der Waals surface area contributed by atoms with Crippen LogP contribution in [0.25, 0.3) is 0 Å². The van der Waals surface area contributed by atoms with Crippen LogP contribution in [0.1, 0.15) is 24.2 Å². The fourth-order valence-electron chi connectivity index (χ4n) is 2.28. The lowest BCUT2D eigenvalue weighted by Gasteiger charge is -2.20. The zero-order chi connectivity index (χ0) is 15.2. The fraction of sp³-hybridized carbons (Fsp3) is 0.312. The molecule has 5 heteroatoms. The van der Waals surface area contributed by atoms with E-state index in [0.29, 0.717) is 10.0 Å². The number of rotatable bonds is 6. The van der Waals surface area contributed by atoms with Crippen LogP contribution in [0.5, 0.6) is 5.75 Å². The first-order valence-electron chi connectivity index (χ1n) is 6.82. The molecule has 1 aromatic heterocycles. The summed E-state index contributed by atoms with van der Waals surface area (Å²) < 4.78 is 5.41. The number of hydrogen-bond acceptors (Lipinski definition) is 3. The molecule has 0 saturated carbocycles. The second-order valence-corrected chi connectivity index (χ2v) is 5.49. The summed E-state index contributed by atoms with van der Waals surface area (Å²) in [6.45, 7) is 2.87. The van der Waals surface area contributed by atoms with Gasteiger partial charge in [0.05, 0.1) is 28.9 Å². The van der Waals surface area contributed by atoms with E-state index in [4.69, 9.17) is 27.9 Å². The molecule has 0 bridgehead atoms. The molecular weight excluding hydrogens is 307 g/mol. The van der Waals surface area contributed by atoms with Crippen molar-refractivity contribution in [1.82, 2.24) is 10.3 Å². The van der Waals surface area contributed by atoms with Gasteiger partial charge in [-0.05, 0) is 30.7 Å². The molecule has 1 heterocycles. The summed E-state index contributed by atoms with van der Waals surface area (Å²) >= 11 is 12.2. The Morgan fingerprint density at radius 3 is 2.71 bits per heavy atom. The molecular formula is C16H18Cl2N2O. The second-order valence-electron chi connectivity index (χ2n) is 4.65. The molecule has 0 aliphatic carbocycles. The Hall–Kier alpha value is -1.29. The van der Waals surface area contributed by atoms with Gasteiger partial charge in [0.15, 0.2) is 0 Å². The summed E-state index contributed by atoms with van der Waals surface area (Å²) in [6.07, 6.45) is 2.36. The van der Waals surface area contributed by atoms with E-state index >= 15 is 0 Å². The molecule has 0 radical (unpaired) electrons. The van der Waals surface area contributed by atoms with Crippen LogP contribution in [-0.4, -0.2) is 18.6 Å².